The van der Waals surface area contributed by atoms with Crippen molar-refractivity contribution in [2.75, 3.05) is 25.4 Å². The normalized spacial score (nSPS) is 24.3. The summed E-state index contributed by atoms with van der Waals surface area (Å²) >= 11 is 0. The molecule has 0 bridgehead atoms. The lowest BCUT2D eigenvalue weighted by Crippen LogP contribution is -2.53. The van der Waals surface area contributed by atoms with Crippen molar-refractivity contribution in [3.63, 3.8) is 0 Å². The fraction of sp³-hybridized carbons (Fsp3) is 0.762. The van der Waals surface area contributed by atoms with E-state index in [-0.39, 0.29) is 35.8 Å². The largest absolute Gasteiger partial charge is 0.469 e. The summed E-state index contributed by atoms with van der Waals surface area (Å²) in [5.74, 6) is 2.60. The zero-order valence-electron chi connectivity index (χ0n) is 18.2. The molecule has 1 aromatic rings. The van der Waals surface area contributed by atoms with Gasteiger partial charge in [0, 0.05) is 38.1 Å². The van der Waals surface area contributed by atoms with E-state index in [1.807, 2.05) is 12.1 Å². The highest BCUT2D eigenvalue weighted by Gasteiger charge is 2.28. The third-order valence-electron chi connectivity index (χ3n) is 6.19. The summed E-state index contributed by atoms with van der Waals surface area (Å²) in [5, 5.41) is 7.24. The van der Waals surface area contributed by atoms with Gasteiger partial charge < -0.3 is 15.1 Å². The minimum absolute atomic E-state index is 0. The standard InChI is InChI=1S/C21H36N4O3S.HI/c1-3-29(26,27)25-14-11-18(12-15-25)23-21(22-13-10-19-8-6-16-28-19)24-20-9-5-4-7-17(20)2;/h6,8,16-18,20H,3-5,7,9-15H2,1-2H3,(H2,22,23,24);1H. The second-order valence-electron chi connectivity index (χ2n) is 8.29. The van der Waals surface area contributed by atoms with E-state index in [0.717, 1.165) is 31.0 Å². The van der Waals surface area contributed by atoms with Crippen molar-refractivity contribution in [3.05, 3.63) is 24.2 Å². The van der Waals surface area contributed by atoms with Gasteiger partial charge in [-0.1, -0.05) is 19.8 Å². The molecular formula is C21H37IN4O3S. The van der Waals surface area contributed by atoms with Gasteiger partial charge in [-0.05, 0) is 50.7 Å². The van der Waals surface area contributed by atoms with E-state index >= 15 is 0 Å². The molecule has 1 aliphatic heterocycles. The molecule has 9 heteroatoms. The summed E-state index contributed by atoms with van der Waals surface area (Å²) in [6.45, 7) is 5.83. The number of rotatable bonds is 7. The molecule has 1 saturated heterocycles. The first kappa shape index (κ1) is 25.5. The molecule has 0 radical (unpaired) electrons. The first-order valence-electron chi connectivity index (χ1n) is 11.1. The number of sulfonamides is 1. The summed E-state index contributed by atoms with van der Waals surface area (Å²) < 4.78 is 31.2. The Morgan fingerprint density at radius 1 is 1.20 bits per heavy atom. The van der Waals surface area contributed by atoms with E-state index in [1.54, 1.807) is 17.5 Å². The molecule has 2 aliphatic rings. The van der Waals surface area contributed by atoms with Crippen molar-refractivity contribution in [1.29, 1.82) is 0 Å². The smallest absolute Gasteiger partial charge is 0.213 e. The molecule has 1 aliphatic carbocycles. The van der Waals surface area contributed by atoms with Gasteiger partial charge in [-0.25, -0.2) is 12.7 Å². The Morgan fingerprint density at radius 3 is 2.57 bits per heavy atom. The molecule has 0 aromatic carbocycles. The van der Waals surface area contributed by atoms with Gasteiger partial charge in [0.15, 0.2) is 5.96 Å². The van der Waals surface area contributed by atoms with Crippen molar-refractivity contribution in [3.8, 4) is 0 Å². The van der Waals surface area contributed by atoms with Crippen LogP contribution in [0.15, 0.2) is 27.8 Å². The molecule has 2 fully saturated rings. The van der Waals surface area contributed by atoms with Crippen LogP contribution >= 0.6 is 24.0 Å². The fourth-order valence-electron chi connectivity index (χ4n) is 4.23. The zero-order chi connectivity index (χ0) is 20.7. The molecule has 2 unspecified atom stereocenters. The molecule has 2 heterocycles. The minimum Gasteiger partial charge on any atom is -0.469 e. The second kappa shape index (κ2) is 12.3. The Hall–Kier alpha value is -0.810. The first-order valence-corrected chi connectivity index (χ1v) is 12.7. The molecular weight excluding hydrogens is 515 g/mol. The Morgan fingerprint density at radius 2 is 1.93 bits per heavy atom. The average Bonchev–Trinajstić information content (AvgIpc) is 3.23. The van der Waals surface area contributed by atoms with Gasteiger partial charge >= 0.3 is 0 Å². The van der Waals surface area contributed by atoms with E-state index in [0.29, 0.717) is 31.6 Å². The minimum atomic E-state index is -3.09. The van der Waals surface area contributed by atoms with Crippen LogP contribution in [0.3, 0.4) is 0 Å². The van der Waals surface area contributed by atoms with Crippen LogP contribution in [0.25, 0.3) is 0 Å². The maximum Gasteiger partial charge on any atom is 0.213 e. The summed E-state index contributed by atoms with van der Waals surface area (Å²) in [6, 6.07) is 4.56. The fourth-order valence-corrected chi connectivity index (χ4v) is 5.36. The number of aliphatic imine (C=N–C) groups is 1. The molecule has 1 saturated carbocycles. The van der Waals surface area contributed by atoms with Crippen LogP contribution < -0.4 is 10.6 Å². The van der Waals surface area contributed by atoms with Gasteiger partial charge in [-0.2, -0.15) is 0 Å². The Balaban J connectivity index is 0.00000320. The maximum absolute atomic E-state index is 12.1. The number of furan rings is 1. The van der Waals surface area contributed by atoms with Crippen LogP contribution in [0.1, 0.15) is 58.1 Å². The Labute approximate surface area is 198 Å². The van der Waals surface area contributed by atoms with Crippen LogP contribution in [-0.4, -0.2) is 56.2 Å². The van der Waals surface area contributed by atoms with E-state index < -0.39 is 10.0 Å². The van der Waals surface area contributed by atoms with Crippen molar-refractivity contribution in [2.24, 2.45) is 10.9 Å². The summed E-state index contributed by atoms with van der Waals surface area (Å²) in [6.07, 6.45) is 9.07. The monoisotopic (exact) mass is 552 g/mol. The van der Waals surface area contributed by atoms with E-state index in [4.69, 9.17) is 9.41 Å². The SMILES string of the molecule is CCS(=O)(=O)N1CCC(NC(=NCCc2ccco2)NC2CCCCC2C)CC1.I. The van der Waals surface area contributed by atoms with Crippen LogP contribution in [-0.2, 0) is 16.4 Å². The molecule has 2 atom stereocenters. The summed E-state index contributed by atoms with van der Waals surface area (Å²) in [7, 11) is -3.09. The van der Waals surface area contributed by atoms with E-state index in [2.05, 4.69) is 17.6 Å². The summed E-state index contributed by atoms with van der Waals surface area (Å²) in [5.41, 5.74) is 0. The number of nitrogens with one attached hydrogen (secondary N) is 2. The summed E-state index contributed by atoms with van der Waals surface area (Å²) in [4.78, 5) is 4.81. The number of halogens is 1. The van der Waals surface area contributed by atoms with Crippen LogP contribution in [0.5, 0.6) is 0 Å². The number of hydrogen-bond acceptors (Lipinski definition) is 4. The molecule has 0 amide bonds. The topological polar surface area (TPSA) is 86.9 Å². The molecule has 30 heavy (non-hydrogen) atoms. The Kier molecular flexibility index (Phi) is 10.4. The van der Waals surface area contributed by atoms with Crippen molar-refractivity contribution < 1.29 is 12.8 Å². The quantitative estimate of drug-likeness (QED) is 0.308. The molecule has 0 spiro atoms. The van der Waals surface area contributed by atoms with E-state index in [9.17, 15) is 8.42 Å². The third kappa shape index (κ3) is 7.40. The molecule has 1 aromatic heterocycles. The first-order chi connectivity index (χ1) is 14.0. The van der Waals surface area contributed by atoms with Crippen LogP contribution in [0, 0.1) is 5.92 Å². The number of nitrogens with zero attached hydrogens (tertiary/aromatic N) is 2. The predicted octanol–water partition coefficient (Wildman–Crippen LogP) is 3.37. The molecule has 2 N–H and O–H groups in total. The van der Waals surface area contributed by atoms with Gasteiger partial charge in [-0.3, -0.25) is 4.99 Å². The lowest BCUT2D eigenvalue weighted by molar-refractivity contribution is 0.293. The molecule has 7 nitrogen and oxygen atoms in total. The van der Waals surface area contributed by atoms with Crippen molar-refractivity contribution in [2.45, 2.75) is 70.9 Å². The number of piperidine rings is 1. The lowest BCUT2D eigenvalue weighted by Gasteiger charge is -2.35. The molecule has 3 rings (SSSR count). The predicted molar refractivity (Wildman–Crippen MR) is 132 cm³/mol. The van der Waals surface area contributed by atoms with Gasteiger partial charge in [0.2, 0.25) is 10.0 Å². The number of guanidine groups is 1. The average molecular weight is 553 g/mol. The van der Waals surface area contributed by atoms with Crippen molar-refractivity contribution >= 4 is 40.0 Å². The van der Waals surface area contributed by atoms with Crippen molar-refractivity contribution in [1.82, 2.24) is 14.9 Å². The second-order valence-corrected chi connectivity index (χ2v) is 10.5. The van der Waals surface area contributed by atoms with Gasteiger partial charge in [-0.15, -0.1) is 24.0 Å². The third-order valence-corrected chi connectivity index (χ3v) is 8.08. The zero-order valence-corrected chi connectivity index (χ0v) is 21.3. The highest BCUT2D eigenvalue weighted by atomic mass is 127. The van der Waals surface area contributed by atoms with Gasteiger partial charge in [0.05, 0.1) is 12.0 Å². The number of hydrogen-bond donors (Lipinski definition) is 2. The highest BCUT2D eigenvalue weighted by molar-refractivity contribution is 14.0. The Bertz CT molecular complexity index is 746. The lowest BCUT2D eigenvalue weighted by atomic mass is 9.86. The molecule has 172 valence electrons. The van der Waals surface area contributed by atoms with Crippen LogP contribution in [0.4, 0.5) is 0 Å². The maximum atomic E-state index is 12.1. The van der Waals surface area contributed by atoms with Crippen LogP contribution in [0.2, 0.25) is 0 Å². The highest BCUT2D eigenvalue weighted by Crippen LogP contribution is 2.23. The van der Waals surface area contributed by atoms with Gasteiger partial charge in [0.1, 0.15) is 5.76 Å². The van der Waals surface area contributed by atoms with E-state index in [1.165, 1.54) is 25.7 Å². The van der Waals surface area contributed by atoms with Gasteiger partial charge in [0.25, 0.3) is 0 Å².